The topological polar surface area (TPSA) is 83.7 Å². The number of sulfonamides is 1. The maximum Gasteiger partial charge on any atom is 0.223 e. The molecule has 2 rings (SSSR count). The average molecular weight is 343 g/mol. The summed E-state index contributed by atoms with van der Waals surface area (Å²) < 4.78 is 37.7. The van der Waals surface area contributed by atoms with Crippen molar-refractivity contribution in [1.82, 2.24) is 9.21 Å². The second-order valence-corrected chi connectivity index (χ2v) is 7.88. The third-order valence-electron chi connectivity index (χ3n) is 4.07. The molecule has 1 aromatic rings. The first-order valence-corrected chi connectivity index (χ1v) is 9.32. The van der Waals surface area contributed by atoms with Crippen molar-refractivity contribution in [3.8, 4) is 0 Å². The summed E-state index contributed by atoms with van der Waals surface area (Å²) in [5.41, 5.74) is 6.39. The largest absolute Gasteiger partial charge is 0.369 e. The van der Waals surface area contributed by atoms with Crippen LogP contribution in [-0.2, 0) is 21.2 Å². The molecule has 1 aromatic carbocycles. The van der Waals surface area contributed by atoms with Gasteiger partial charge in [-0.05, 0) is 24.1 Å². The second-order valence-electron chi connectivity index (χ2n) is 5.90. The zero-order valence-electron chi connectivity index (χ0n) is 13.1. The van der Waals surface area contributed by atoms with Crippen molar-refractivity contribution in [2.24, 2.45) is 11.7 Å². The van der Waals surface area contributed by atoms with Gasteiger partial charge in [0.25, 0.3) is 0 Å². The fraction of sp³-hybridized carbons (Fsp3) is 0.533. The lowest BCUT2D eigenvalue weighted by atomic mass is 10.1. The normalized spacial score (nSPS) is 21.0. The molecule has 8 heteroatoms. The molecule has 0 bridgehead atoms. The highest BCUT2D eigenvalue weighted by Crippen LogP contribution is 2.13. The third kappa shape index (κ3) is 5.26. The van der Waals surface area contributed by atoms with Crippen molar-refractivity contribution >= 4 is 15.9 Å². The van der Waals surface area contributed by atoms with E-state index >= 15 is 0 Å². The summed E-state index contributed by atoms with van der Waals surface area (Å²) in [7, 11) is -3.35. The molecule has 0 saturated carbocycles. The third-order valence-corrected chi connectivity index (χ3v) is 5.34. The Labute approximate surface area is 136 Å². The van der Waals surface area contributed by atoms with Crippen LogP contribution in [0.15, 0.2) is 24.3 Å². The summed E-state index contributed by atoms with van der Waals surface area (Å²) >= 11 is 0. The van der Waals surface area contributed by atoms with Gasteiger partial charge in [0.1, 0.15) is 5.82 Å². The number of hydrogen-bond acceptors (Lipinski definition) is 4. The van der Waals surface area contributed by atoms with Crippen LogP contribution in [0.25, 0.3) is 0 Å². The lowest BCUT2D eigenvalue weighted by Gasteiger charge is -2.22. The molecule has 1 saturated heterocycles. The number of benzene rings is 1. The molecule has 0 spiro atoms. The molecule has 128 valence electrons. The van der Waals surface area contributed by atoms with Gasteiger partial charge in [-0.3, -0.25) is 4.79 Å². The lowest BCUT2D eigenvalue weighted by molar-refractivity contribution is -0.122. The number of halogens is 1. The Morgan fingerprint density at radius 1 is 1.26 bits per heavy atom. The van der Waals surface area contributed by atoms with Gasteiger partial charge in [0.2, 0.25) is 15.9 Å². The molecule has 23 heavy (non-hydrogen) atoms. The Morgan fingerprint density at radius 2 is 1.91 bits per heavy atom. The van der Waals surface area contributed by atoms with Crippen molar-refractivity contribution in [3.05, 3.63) is 35.6 Å². The molecule has 0 aromatic heterocycles. The molecule has 1 atom stereocenters. The maximum atomic E-state index is 12.9. The minimum Gasteiger partial charge on any atom is -0.369 e. The number of carbonyl (C=O) groups excluding carboxylic acids is 1. The molecule has 1 aliphatic heterocycles. The van der Waals surface area contributed by atoms with Crippen molar-refractivity contribution < 1.29 is 17.6 Å². The fourth-order valence-electron chi connectivity index (χ4n) is 2.67. The van der Waals surface area contributed by atoms with Crippen LogP contribution in [0.2, 0.25) is 0 Å². The summed E-state index contributed by atoms with van der Waals surface area (Å²) in [5, 5.41) is 0. The smallest absolute Gasteiger partial charge is 0.223 e. The number of carbonyl (C=O) groups is 1. The van der Waals surface area contributed by atoms with Gasteiger partial charge in [-0.1, -0.05) is 12.1 Å². The van der Waals surface area contributed by atoms with E-state index in [2.05, 4.69) is 0 Å². The van der Waals surface area contributed by atoms with E-state index in [4.69, 9.17) is 5.73 Å². The highest BCUT2D eigenvalue weighted by atomic mass is 32.2. The van der Waals surface area contributed by atoms with E-state index in [9.17, 15) is 17.6 Å². The zero-order chi connectivity index (χ0) is 17.0. The van der Waals surface area contributed by atoms with Crippen LogP contribution in [0.5, 0.6) is 0 Å². The van der Waals surface area contributed by atoms with Crippen LogP contribution in [0, 0.1) is 11.7 Å². The Morgan fingerprint density at radius 3 is 2.48 bits per heavy atom. The molecule has 2 N–H and O–H groups in total. The van der Waals surface area contributed by atoms with Gasteiger partial charge < -0.3 is 10.6 Å². The van der Waals surface area contributed by atoms with E-state index in [-0.39, 0.29) is 12.4 Å². The summed E-state index contributed by atoms with van der Waals surface area (Å²) in [6.45, 7) is 2.10. The minimum atomic E-state index is -3.35. The summed E-state index contributed by atoms with van der Waals surface area (Å²) in [6.07, 6.45) is 1.84. The maximum absolute atomic E-state index is 12.9. The summed E-state index contributed by atoms with van der Waals surface area (Å²) in [4.78, 5) is 13.6. The van der Waals surface area contributed by atoms with Crippen LogP contribution in [-0.4, -0.2) is 62.5 Å². The number of amides is 1. The van der Waals surface area contributed by atoms with Crippen LogP contribution in [0.1, 0.15) is 5.56 Å². The standard InChI is InChI=1S/C15H22FN3O3S/c1-23(21,22)19-9-8-18(10-13(11-19)15(17)20)7-6-12-2-4-14(16)5-3-12/h2-5,13H,6-11H2,1H3,(H2,17,20)/t13-/m1/s1. The van der Waals surface area contributed by atoms with Crippen LogP contribution < -0.4 is 5.73 Å². The van der Waals surface area contributed by atoms with E-state index in [1.165, 1.54) is 16.4 Å². The first-order chi connectivity index (χ1) is 10.8. The molecular weight excluding hydrogens is 321 g/mol. The number of nitrogens with two attached hydrogens (primary N) is 1. The quantitative estimate of drug-likeness (QED) is 0.819. The van der Waals surface area contributed by atoms with E-state index < -0.39 is 21.8 Å². The number of nitrogens with zero attached hydrogens (tertiary/aromatic N) is 2. The number of primary amides is 1. The van der Waals surface area contributed by atoms with E-state index in [1.807, 2.05) is 4.90 Å². The predicted octanol–water partition coefficient (Wildman–Crippen LogP) is 0.0469. The minimum absolute atomic E-state index is 0.126. The Kier molecular flexibility index (Phi) is 5.72. The number of rotatable bonds is 5. The van der Waals surface area contributed by atoms with E-state index in [0.717, 1.165) is 11.8 Å². The van der Waals surface area contributed by atoms with Crippen LogP contribution in [0.3, 0.4) is 0 Å². The van der Waals surface area contributed by atoms with Gasteiger partial charge in [-0.25, -0.2) is 17.1 Å². The van der Waals surface area contributed by atoms with Gasteiger partial charge in [-0.2, -0.15) is 0 Å². The predicted molar refractivity (Wildman–Crippen MR) is 85.6 cm³/mol. The fourth-order valence-corrected chi connectivity index (χ4v) is 3.54. The Balaban J connectivity index is 2.01. The number of hydrogen-bond donors (Lipinski definition) is 1. The Bertz CT molecular complexity index is 648. The van der Waals surface area contributed by atoms with Crippen molar-refractivity contribution in [2.75, 3.05) is 39.0 Å². The van der Waals surface area contributed by atoms with E-state index in [1.54, 1.807) is 12.1 Å². The average Bonchev–Trinajstić information content (AvgIpc) is 2.69. The highest BCUT2D eigenvalue weighted by molar-refractivity contribution is 7.88. The first-order valence-electron chi connectivity index (χ1n) is 7.47. The van der Waals surface area contributed by atoms with Crippen molar-refractivity contribution in [1.29, 1.82) is 0 Å². The van der Waals surface area contributed by atoms with Gasteiger partial charge >= 0.3 is 0 Å². The van der Waals surface area contributed by atoms with Gasteiger partial charge in [-0.15, -0.1) is 0 Å². The molecule has 1 amide bonds. The molecule has 1 heterocycles. The molecule has 1 aliphatic rings. The monoisotopic (exact) mass is 343 g/mol. The zero-order valence-corrected chi connectivity index (χ0v) is 13.9. The highest BCUT2D eigenvalue weighted by Gasteiger charge is 2.30. The molecule has 1 fully saturated rings. The summed E-state index contributed by atoms with van der Waals surface area (Å²) in [5.74, 6) is -1.30. The molecule has 0 radical (unpaired) electrons. The van der Waals surface area contributed by atoms with Gasteiger partial charge in [0.15, 0.2) is 0 Å². The van der Waals surface area contributed by atoms with Crippen LogP contribution >= 0.6 is 0 Å². The molecular formula is C15H22FN3O3S. The van der Waals surface area contributed by atoms with Crippen molar-refractivity contribution in [2.45, 2.75) is 6.42 Å². The molecule has 6 nitrogen and oxygen atoms in total. The van der Waals surface area contributed by atoms with Crippen molar-refractivity contribution in [3.63, 3.8) is 0 Å². The molecule has 0 unspecified atom stereocenters. The van der Waals surface area contributed by atoms with Gasteiger partial charge in [0, 0.05) is 32.7 Å². The SMILES string of the molecule is CS(=O)(=O)N1CCN(CCc2ccc(F)cc2)C[C@@H](C(N)=O)C1. The van der Waals surface area contributed by atoms with Gasteiger partial charge in [0.05, 0.1) is 12.2 Å². The second kappa shape index (κ2) is 7.37. The van der Waals surface area contributed by atoms with Crippen LogP contribution in [0.4, 0.5) is 4.39 Å². The molecule has 0 aliphatic carbocycles. The first kappa shape index (κ1) is 17.8. The van der Waals surface area contributed by atoms with E-state index in [0.29, 0.717) is 32.6 Å². The summed E-state index contributed by atoms with van der Waals surface area (Å²) in [6, 6.07) is 6.27. The Hall–Kier alpha value is -1.51. The lowest BCUT2D eigenvalue weighted by Crippen LogP contribution is -2.40.